The number of rotatable bonds is 2. The van der Waals surface area contributed by atoms with Crippen molar-refractivity contribution in [2.75, 3.05) is 6.54 Å². The van der Waals surface area contributed by atoms with Gasteiger partial charge in [0.05, 0.1) is 6.54 Å². The molecule has 1 aromatic rings. The van der Waals surface area contributed by atoms with Gasteiger partial charge in [-0.25, -0.2) is 4.79 Å². The smallest absolute Gasteiger partial charge is 0.317 e. The Morgan fingerprint density at radius 2 is 1.88 bits per heavy atom. The molecule has 0 spiro atoms. The van der Waals surface area contributed by atoms with Gasteiger partial charge < -0.3 is 4.90 Å². The molecule has 0 saturated carbocycles. The molecule has 90 valence electrons. The minimum atomic E-state index is -0.900. The van der Waals surface area contributed by atoms with Gasteiger partial charge in [0.25, 0.3) is 5.91 Å². The third-order valence-corrected chi connectivity index (χ3v) is 3.67. The van der Waals surface area contributed by atoms with Crippen LogP contribution in [0.1, 0.15) is 5.56 Å². The number of benzene rings is 1. The number of nitrogens with one attached hydrogen (secondary N) is 1. The van der Waals surface area contributed by atoms with Gasteiger partial charge in [0.15, 0.2) is 3.23 Å². The molecule has 0 bridgehead atoms. The standard InChI is InChI=1S/C11H10Br2N2O2/c12-11(13)7-15(10(17)14-9(11)16)6-8-4-2-1-3-5-8/h1-5H,6-7H2,(H,14,16,17). The van der Waals surface area contributed by atoms with E-state index in [1.165, 1.54) is 0 Å². The summed E-state index contributed by atoms with van der Waals surface area (Å²) < 4.78 is -0.900. The van der Waals surface area contributed by atoms with Crippen molar-refractivity contribution in [3.05, 3.63) is 35.9 Å². The molecular formula is C11H10Br2N2O2. The quantitative estimate of drug-likeness (QED) is 0.821. The zero-order valence-corrected chi connectivity index (χ0v) is 12.0. The van der Waals surface area contributed by atoms with Gasteiger partial charge in [0.1, 0.15) is 0 Å². The van der Waals surface area contributed by atoms with Crippen molar-refractivity contribution in [2.45, 2.75) is 9.78 Å². The number of nitrogens with zero attached hydrogens (tertiary/aromatic N) is 1. The van der Waals surface area contributed by atoms with E-state index in [4.69, 9.17) is 0 Å². The Morgan fingerprint density at radius 1 is 1.24 bits per heavy atom. The number of carbonyl (C=O) groups is 2. The molecule has 0 aliphatic carbocycles. The molecule has 17 heavy (non-hydrogen) atoms. The third-order valence-electron chi connectivity index (χ3n) is 2.45. The average Bonchev–Trinajstić information content (AvgIpc) is 2.27. The van der Waals surface area contributed by atoms with E-state index < -0.39 is 3.23 Å². The lowest BCUT2D eigenvalue weighted by Crippen LogP contribution is -2.58. The molecule has 0 radical (unpaired) electrons. The van der Waals surface area contributed by atoms with Gasteiger partial charge in [-0.3, -0.25) is 10.1 Å². The number of amides is 3. The summed E-state index contributed by atoms with van der Waals surface area (Å²) in [5.74, 6) is -0.369. The van der Waals surface area contributed by atoms with Crippen molar-refractivity contribution in [3.8, 4) is 0 Å². The Bertz CT molecular complexity index is 448. The summed E-state index contributed by atoms with van der Waals surface area (Å²) in [4.78, 5) is 24.7. The van der Waals surface area contributed by atoms with E-state index in [0.29, 0.717) is 6.54 Å². The van der Waals surface area contributed by atoms with E-state index in [2.05, 4.69) is 37.2 Å². The van der Waals surface area contributed by atoms with Gasteiger partial charge in [0.2, 0.25) is 0 Å². The highest BCUT2D eigenvalue weighted by Gasteiger charge is 2.41. The topological polar surface area (TPSA) is 49.4 Å². The fourth-order valence-corrected chi connectivity index (χ4v) is 2.39. The maximum Gasteiger partial charge on any atom is 0.324 e. The van der Waals surface area contributed by atoms with E-state index in [-0.39, 0.29) is 18.5 Å². The van der Waals surface area contributed by atoms with Crippen LogP contribution in [0.5, 0.6) is 0 Å². The third kappa shape index (κ3) is 2.87. The van der Waals surface area contributed by atoms with Gasteiger partial charge in [-0.05, 0) is 5.56 Å². The molecule has 4 nitrogen and oxygen atoms in total. The molecule has 1 aromatic carbocycles. The number of carbonyl (C=O) groups excluding carboxylic acids is 2. The van der Waals surface area contributed by atoms with Crippen LogP contribution in [0.3, 0.4) is 0 Å². The first-order valence-corrected chi connectivity index (χ1v) is 6.60. The maximum atomic E-state index is 11.6. The predicted octanol–water partition coefficient (Wildman–Crippen LogP) is 2.22. The number of alkyl halides is 2. The van der Waals surface area contributed by atoms with Crippen molar-refractivity contribution in [1.29, 1.82) is 0 Å². The van der Waals surface area contributed by atoms with Crippen LogP contribution in [0.25, 0.3) is 0 Å². The molecule has 1 saturated heterocycles. The summed E-state index contributed by atoms with van der Waals surface area (Å²) in [6.07, 6.45) is 0. The molecule has 1 aliphatic rings. The van der Waals surface area contributed by atoms with Crippen molar-refractivity contribution < 1.29 is 9.59 Å². The van der Waals surface area contributed by atoms with Gasteiger partial charge in [0, 0.05) is 6.54 Å². The Hall–Kier alpha value is -0.880. The van der Waals surface area contributed by atoms with Crippen LogP contribution in [0, 0.1) is 0 Å². The van der Waals surface area contributed by atoms with E-state index in [1.54, 1.807) is 4.90 Å². The summed E-state index contributed by atoms with van der Waals surface area (Å²) in [5, 5.41) is 2.29. The SMILES string of the molecule is O=C1NC(=O)C(Br)(Br)CN1Cc1ccccc1. The van der Waals surface area contributed by atoms with Crippen LogP contribution in [-0.4, -0.2) is 26.6 Å². The molecule has 2 rings (SSSR count). The monoisotopic (exact) mass is 360 g/mol. The summed E-state index contributed by atoms with van der Waals surface area (Å²) >= 11 is 6.50. The van der Waals surface area contributed by atoms with Crippen LogP contribution in [0.15, 0.2) is 30.3 Å². The molecule has 0 unspecified atom stereocenters. The lowest BCUT2D eigenvalue weighted by atomic mass is 10.2. The van der Waals surface area contributed by atoms with Gasteiger partial charge in [-0.2, -0.15) is 0 Å². The number of hydrogen-bond acceptors (Lipinski definition) is 2. The maximum absolute atomic E-state index is 11.6. The molecule has 1 fully saturated rings. The van der Waals surface area contributed by atoms with Gasteiger partial charge in [-0.15, -0.1) is 0 Å². The first-order chi connectivity index (χ1) is 7.99. The zero-order valence-electron chi connectivity index (χ0n) is 8.82. The van der Waals surface area contributed by atoms with Crippen molar-refractivity contribution >= 4 is 43.8 Å². The Balaban J connectivity index is 2.11. The number of hydrogen-bond donors (Lipinski definition) is 1. The molecule has 1 aliphatic heterocycles. The predicted molar refractivity (Wildman–Crippen MR) is 71.0 cm³/mol. The Kier molecular flexibility index (Phi) is 3.53. The summed E-state index contributed by atoms with van der Waals surface area (Å²) in [6, 6.07) is 9.26. The highest BCUT2D eigenvalue weighted by Crippen LogP contribution is 2.30. The average molecular weight is 362 g/mol. The van der Waals surface area contributed by atoms with Crippen LogP contribution in [-0.2, 0) is 11.3 Å². The van der Waals surface area contributed by atoms with Crippen LogP contribution in [0.2, 0.25) is 0 Å². The number of imide groups is 1. The van der Waals surface area contributed by atoms with Crippen molar-refractivity contribution in [1.82, 2.24) is 10.2 Å². The second-order valence-electron chi connectivity index (χ2n) is 3.81. The molecule has 3 amide bonds. The highest BCUT2D eigenvalue weighted by molar-refractivity contribution is 9.26. The van der Waals surface area contributed by atoms with Crippen LogP contribution >= 0.6 is 31.9 Å². The van der Waals surface area contributed by atoms with Crippen LogP contribution < -0.4 is 5.32 Å². The Labute approximate surface area is 116 Å². The fourth-order valence-electron chi connectivity index (χ4n) is 1.58. The lowest BCUT2D eigenvalue weighted by Gasteiger charge is -2.34. The number of urea groups is 1. The van der Waals surface area contributed by atoms with E-state index in [0.717, 1.165) is 5.56 Å². The minimum absolute atomic E-state index is 0.284. The first kappa shape index (κ1) is 12.6. The van der Waals surface area contributed by atoms with E-state index >= 15 is 0 Å². The molecule has 6 heteroatoms. The second kappa shape index (κ2) is 4.78. The van der Waals surface area contributed by atoms with E-state index in [9.17, 15) is 9.59 Å². The summed E-state index contributed by atoms with van der Waals surface area (Å²) in [5.41, 5.74) is 1.02. The summed E-state index contributed by atoms with van der Waals surface area (Å²) in [6.45, 7) is 0.755. The first-order valence-electron chi connectivity index (χ1n) is 5.01. The van der Waals surface area contributed by atoms with Gasteiger partial charge >= 0.3 is 6.03 Å². The Morgan fingerprint density at radius 3 is 2.53 bits per heavy atom. The normalized spacial score (nSPS) is 19.1. The van der Waals surface area contributed by atoms with Gasteiger partial charge in [-0.1, -0.05) is 62.2 Å². The molecular weight excluding hydrogens is 352 g/mol. The highest BCUT2D eigenvalue weighted by atomic mass is 79.9. The van der Waals surface area contributed by atoms with Crippen molar-refractivity contribution in [2.24, 2.45) is 0 Å². The lowest BCUT2D eigenvalue weighted by molar-refractivity contribution is -0.121. The summed E-state index contributed by atoms with van der Waals surface area (Å²) in [7, 11) is 0. The number of halogens is 2. The van der Waals surface area contributed by atoms with Crippen LogP contribution in [0.4, 0.5) is 4.79 Å². The fraction of sp³-hybridized carbons (Fsp3) is 0.273. The largest absolute Gasteiger partial charge is 0.324 e. The second-order valence-corrected chi connectivity index (χ2v) is 7.58. The molecule has 1 heterocycles. The van der Waals surface area contributed by atoms with Crippen molar-refractivity contribution in [3.63, 3.8) is 0 Å². The minimum Gasteiger partial charge on any atom is -0.317 e. The zero-order chi connectivity index (χ0) is 12.5. The van der Waals surface area contributed by atoms with E-state index in [1.807, 2.05) is 30.3 Å². The molecule has 1 N–H and O–H groups in total. The molecule has 0 aromatic heterocycles. The molecule has 0 atom stereocenters.